The highest BCUT2D eigenvalue weighted by atomic mass is 16.1. The molecule has 2 aromatic rings. The molecule has 27 heavy (non-hydrogen) atoms. The number of likely N-dealkylation sites (tertiary alicyclic amines) is 1. The molecule has 2 heterocycles. The summed E-state index contributed by atoms with van der Waals surface area (Å²) in [4.78, 5) is 25.1. The number of aromatic nitrogens is 1. The van der Waals surface area contributed by atoms with Crippen LogP contribution in [-0.2, 0) is 22.7 Å². The first kappa shape index (κ1) is 19.4. The number of piperidine rings is 1. The first-order valence-electron chi connectivity index (χ1n) is 9.54. The van der Waals surface area contributed by atoms with Crippen LogP contribution in [0.4, 0.5) is 0 Å². The third kappa shape index (κ3) is 4.48. The van der Waals surface area contributed by atoms with Crippen LogP contribution < -0.4 is 16.8 Å². The lowest BCUT2D eigenvalue weighted by Gasteiger charge is -2.31. The van der Waals surface area contributed by atoms with E-state index in [0.717, 1.165) is 62.2 Å². The molecule has 1 aliphatic rings. The van der Waals surface area contributed by atoms with E-state index >= 15 is 0 Å². The summed E-state index contributed by atoms with van der Waals surface area (Å²) >= 11 is 0. The van der Waals surface area contributed by atoms with Crippen molar-refractivity contribution in [2.75, 3.05) is 26.2 Å². The molecule has 0 bridgehead atoms. The highest BCUT2D eigenvalue weighted by molar-refractivity contribution is 5.87. The Bertz CT molecular complexity index is 829. The smallest absolute Gasteiger partial charge is 0.237 e. The second-order valence-electron chi connectivity index (χ2n) is 7.35. The van der Waals surface area contributed by atoms with Crippen LogP contribution >= 0.6 is 0 Å². The normalized spacial score (nSPS) is 18.0. The number of rotatable bonds is 8. The van der Waals surface area contributed by atoms with E-state index in [1.165, 1.54) is 5.56 Å². The molecule has 1 atom stereocenters. The van der Waals surface area contributed by atoms with E-state index in [9.17, 15) is 9.59 Å². The number of fused-ring (bicyclic) bond motifs is 1. The molecule has 0 spiro atoms. The third-order valence-corrected chi connectivity index (χ3v) is 5.49. The fourth-order valence-electron chi connectivity index (χ4n) is 4.03. The number of nitrogens with zero attached hydrogens (tertiary/aromatic N) is 2. The van der Waals surface area contributed by atoms with Gasteiger partial charge >= 0.3 is 0 Å². The molecule has 1 saturated heterocycles. The minimum atomic E-state index is -0.340. The van der Waals surface area contributed by atoms with Gasteiger partial charge in [0.15, 0.2) is 0 Å². The molecule has 1 fully saturated rings. The van der Waals surface area contributed by atoms with Crippen molar-refractivity contribution in [2.24, 2.45) is 17.4 Å². The Hall–Kier alpha value is -2.38. The van der Waals surface area contributed by atoms with Crippen LogP contribution in [-0.4, -0.2) is 47.5 Å². The Labute approximate surface area is 159 Å². The number of amides is 2. The van der Waals surface area contributed by atoms with Crippen molar-refractivity contribution < 1.29 is 9.59 Å². The van der Waals surface area contributed by atoms with E-state index in [1.54, 1.807) is 0 Å². The highest BCUT2D eigenvalue weighted by Gasteiger charge is 2.23. The number of para-hydroxylation sites is 1. The summed E-state index contributed by atoms with van der Waals surface area (Å²) in [5, 5.41) is 4.65. The van der Waals surface area contributed by atoms with Gasteiger partial charge in [-0.05, 0) is 37.9 Å². The van der Waals surface area contributed by atoms with Gasteiger partial charge in [0.2, 0.25) is 11.8 Å². The molecule has 0 unspecified atom stereocenters. The van der Waals surface area contributed by atoms with Crippen LogP contribution in [0, 0.1) is 12.8 Å². The van der Waals surface area contributed by atoms with Crippen LogP contribution in [0.3, 0.4) is 0 Å². The molecule has 1 aliphatic heterocycles. The fraction of sp³-hybridized carbons (Fsp3) is 0.500. The Kier molecular flexibility index (Phi) is 6.13. The minimum absolute atomic E-state index is 0.0206. The van der Waals surface area contributed by atoms with Crippen molar-refractivity contribution in [1.82, 2.24) is 14.8 Å². The molecular weight excluding hydrogens is 342 g/mol. The molecule has 5 N–H and O–H groups in total. The first-order chi connectivity index (χ1) is 13.0. The van der Waals surface area contributed by atoms with Gasteiger partial charge < -0.3 is 26.3 Å². The van der Waals surface area contributed by atoms with Crippen LogP contribution in [0.2, 0.25) is 0 Å². The van der Waals surface area contributed by atoms with E-state index in [-0.39, 0.29) is 24.3 Å². The highest BCUT2D eigenvalue weighted by Crippen LogP contribution is 2.25. The topological polar surface area (TPSA) is 106 Å². The van der Waals surface area contributed by atoms with Gasteiger partial charge in [-0.2, -0.15) is 0 Å². The summed E-state index contributed by atoms with van der Waals surface area (Å²) < 4.78 is 1.98. The molecule has 3 rings (SSSR count). The number of carbonyl (C=O) groups excluding carboxylic acids is 2. The maximum atomic E-state index is 11.4. The molecule has 0 radical (unpaired) electrons. The summed E-state index contributed by atoms with van der Waals surface area (Å²) in [5.41, 5.74) is 14.2. The summed E-state index contributed by atoms with van der Waals surface area (Å²) in [6.07, 6.45) is 1.92. The van der Waals surface area contributed by atoms with E-state index < -0.39 is 0 Å². The first-order valence-corrected chi connectivity index (χ1v) is 9.54. The van der Waals surface area contributed by atoms with Crippen molar-refractivity contribution in [1.29, 1.82) is 0 Å². The Morgan fingerprint density at radius 1 is 1.26 bits per heavy atom. The predicted molar refractivity (Wildman–Crippen MR) is 106 cm³/mol. The molecule has 1 aromatic heterocycles. The van der Waals surface area contributed by atoms with E-state index in [0.29, 0.717) is 0 Å². The maximum Gasteiger partial charge on any atom is 0.237 e. The van der Waals surface area contributed by atoms with Crippen LogP contribution in [0.5, 0.6) is 0 Å². The average molecular weight is 371 g/mol. The van der Waals surface area contributed by atoms with Gasteiger partial charge in [0.05, 0.1) is 5.92 Å². The van der Waals surface area contributed by atoms with Gasteiger partial charge in [-0.15, -0.1) is 0 Å². The summed E-state index contributed by atoms with van der Waals surface area (Å²) in [6, 6.07) is 8.09. The van der Waals surface area contributed by atoms with Gasteiger partial charge in [0.1, 0.15) is 6.54 Å². The molecule has 146 valence electrons. The van der Waals surface area contributed by atoms with Crippen molar-refractivity contribution in [3.05, 3.63) is 35.5 Å². The van der Waals surface area contributed by atoms with E-state index in [1.807, 2.05) is 29.7 Å². The standard InChI is InChI=1S/C20H29N5O2/c1-14-17(16-6-2-3-7-18(16)25(14)13-19(21)26)11-23-8-10-24-9-4-5-15(12-24)20(22)27/h2-3,6-7,15,23H,4-5,8-13H2,1H3,(H2,21,26)(H2,22,27)/t15-/m0/s1. The number of hydrogen-bond donors (Lipinski definition) is 3. The number of nitrogens with one attached hydrogen (secondary N) is 1. The van der Waals surface area contributed by atoms with Crippen molar-refractivity contribution in [2.45, 2.75) is 32.9 Å². The molecule has 7 heteroatoms. The molecule has 2 amide bonds. The number of carbonyl (C=O) groups is 2. The lowest BCUT2D eigenvalue weighted by Crippen LogP contribution is -2.43. The van der Waals surface area contributed by atoms with Crippen molar-refractivity contribution in [3.63, 3.8) is 0 Å². The third-order valence-electron chi connectivity index (χ3n) is 5.49. The molecule has 0 saturated carbocycles. The van der Waals surface area contributed by atoms with E-state index in [4.69, 9.17) is 11.5 Å². The summed E-state index contributed by atoms with van der Waals surface area (Å²) in [6.45, 7) is 6.45. The summed E-state index contributed by atoms with van der Waals surface area (Å²) in [7, 11) is 0. The fourth-order valence-corrected chi connectivity index (χ4v) is 4.03. The zero-order valence-corrected chi connectivity index (χ0v) is 15.9. The zero-order chi connectivity index (χ0) is 19.4. The van der Waals surface area contributed by atoms with Crippen LogP contribution in [0.25, 0.3) is 10.9 Å². The quantitative estimate of drug-likeness (QED) is 0.595. The molecule has 1 aromatic carbocycles. The minimum Gasteiger partial charge on any atom is -0.369 e. The van der Waals surface area contributed by atoms with Gasteiger partial charge in [-0.1, -0.05) is 18.2 Å². The Morgan fingerprint density at radius 3 is 2.78 bits per heavy atom. The number of benzene rings is 1. The number of hydrogen-bond acceptors (Lipinski definition) is 4. The second kappa shape index (κ2) is 8.54. The van der Waals surface area contributed by atoms with Crippen molar-refractivity contribution >= 4 is 22.7 Å². The van der Waals surface area contributed by atoms with Gasteiger partial charge in [0.25, 0.3) is 0 Å². The van der Waals surface area contributed by atoms with Gasteiger partial charge in [-0.25, -0.2) is 0 Å². The van der Waals surface area contributed by atoms with E-state index in [2.05, 4.69) is 16.3 Å². The summed E-state index contributed by atoms with van der Waals surface area (Å²) in [5.74, 6) is -0.550. The average Bonchev–Trinajstić information content (AvgIpc) is 2.90. The lowest BCUT2D eigenvalue weighted by atomic mass is 9.97. The SMILES string of the molecule is Cc1c(CNCCN2CCC[C@H](C(N)=O)C2)c2ccccc2n1CC(N)=O. The second-order valence-corrected chi connectivity index (χ2v) is 7.35. The van der Waals surface area contributed by atoms with Crippen LogP contribution in [0.1, 0.15) is 24.1 Å². The molecule has 7 nitrogen and oxygen atoms in total. The van der Waals surface area contributed by atoms with Gasteiger partial charge in [-0.3, -0.25) is 9.59 Å². The van der Waals surface area contributed by atoms with Gasteiger partial charge in [0, 0.05) is 42.8 Å². The van der Waals surface area contributed by atoms with Crippen LogP contribution in [0.15, 0.2) is 24.3 Å². The Balaban J connectivity index is 1.61. The maximum absolute atomic E-state index is 11.4. The number of primary amides is 2. The predicted octanol–water partition coefficient (Wildman–Crippen LogP) is 0.722. The zero-order valence-electron chi connectivity index (χ0n) is 15.9. The van der Waals surface area contributed by atoms with Crippen molar-refractivity contribution in [3.8, 4) is 0 Å². The molecular formula is C20H29N5O2. The Morgan fingerprint density at radius 2 is 2.04 bits per heavy atom. The largest absolute Gasteiger partial charge is 0.369 e. The number of nitrogens with two attached hydrogens (primary N) is 2. The monoisotopic (exact) mass is 371 g/mol. The molecule has 0 aliphatic carbocycles. The lowest BCUT2D eigenvalue weighted by molar-refractivity contribution is -0.123.